The number of rotatable bonds is 2. The first kappa shape index (κ1) is 10.6. The number of benzene rings is 1. The molecule has 0 radical (unpaired) electrons. The lowest BCUT2D eigenvalue weighted by molar-refractivity contribution is 0.454. The number of aromatic nitrogens is 1. The molecule has 2 aromatic rings. The number of aryl methyl sites for hydroxylation is 1. The van der Waals surface area contributed by atoms with E-state index in [9.17, 15) is 0 Å². The van der Waals surface area contributed by atoms with Gasteiger partial charge in [-0.2, -0.15) is 5.26 Å². The number of hydrogen-bond donors (Lipinski definition) is 1. The number of nitrogen functional groups attached to an aromatic ring is 1. The van der Waals surface area contributed by atoms with Crippen molar-refractivity contribution in [2.75, 3.05) is 5.73 Å². The van der Waals surface area contributed by atoms with Gasteiger partial charge in [-0.15, -0.1) is 0 Å². The Morgan fingerprint density at radius 1 is 1.50 bits per heavy atom. The molecular weight excluding hydrogens is 222 g/mol. The van der Waals surface area contributed by atoms with Gasteiger partial charge in [-0.1, -0.05) is 0 Å². The standard InChI is InChI=1S/C11H9N3OS/c1-7-6-15-11(14-7)16-9-3-2-8(5-12)10(13)4-9/h2-4,6H,13H2,1H3. The average Bonchev–Trinajstić information content (AvgIpc) is 2.64. The highest BCUT2D eigenvalue weighted by atomic mass is 32.2. The maximum absolute atomic E-state index is 8.73. The first-order valence-corrected chi connectivity index (χ1v) is 5.40. The Morgan fingerprint density at radius 2 is 2.31 bits per heavy atom. The molecule has 80 valence electrons. The molecule has 0 aliphatic carbocycles. The van der Waals surface area contributed by atoms with Crippen molar-refractivity contribution < 1.29 is 4.42 Å². The van der Waals surface area contributed by atoms with Gasteiger partial charge >= 0.3 is 0 Å². The van der Waals surface area contributed by atoms with Crippen LogP contribution >= 0.6 is 11.8 Å². The molecule has 2 N–H and O–H groups in total. The summed E-state index contributed by atoms with van der Waals surface area (Å²) >= 11 is 1.37. The lowest BCUT2D eigenvalue weighted by Gasteiger charge is -2.00. The van der Waals surface area contributed by atoms with Crippen molar-refractivity contribution in [1.82, 2.24) is 4.98 Å². The van der Waals surface area contributed by atoms with E-state index >= 15 is 0 Å². The van der Waals surface area contributed by atoms with Gasteiger partial charge in [0.25, 0.3) is 5.22 Å². The Morgan fingerprint density at radius 3 is 2.88 bits per heavy atom. The fourth-order valence-electron chi connectivity index (χ4n) is 1.19. The van der Waals surface area contributed by atoms with Crippen molar-refractivity contribution in [3.63, 3.8) is 0 Å². The van der Waals surface area contributed by atoms with Gasteiger partial charge in [-0.05, 0) is 36.9 Å². The predicted molar refractivity (Wildman–Crippen MR) is 60.9 cm³/mol. The molecule has 4 nitrogen and oxygen atoms in total. The number of nitrogens with zero attached hydrogens (tertiary/aromatic N) is 2. The molecule has 1 aromatic carbocycles. The largest absolute Gasteiger partial charge is 0.439 e. The lowest BCUT2D eigenvalue weighted by Crippen LogP contribution is -1.89. The fourth-order valence-corrected chi connectivity index (χ4v) is 2.00. The van der Waals surface area contributed by atoms with E-state index < -0.39 is 0 Å². The summed E-state index contributed by atoms with van der Waals surface area (Å²) in [5, 5.41) is 9.31. The van der Waals surface area contributed by atoms with Crippen LogP contribution in [0, 0.1) is 18.3 Å². The molecule has 5 heteroatoms. The topological polar surface area (TPSA) is 75.8 Å². The van der Waals surface area contributed by atoms with Gasteiger partial charge in [0.2, 0.25) is 0 Å². The van der Waals surface area contributed by atoms with Gasteiger partial charge < -0.3 is 10.2 Å². The molecule has 0 atom stereocenters. The summed E-state index contributed by atoms with van der Waals surface area (Å²) in [6, 6.07) is 7.26. The maximum Gasteiger partial charge on any atom is 0.260 e. The van der Waals surface area contributed by atoms with Crippen LogP contribution in [0.4, 0.5) is 5.69 Å². The Bertz CT molecular complexity index is 557. The molecule has 0 fully saturated rings. The molecule has 0 unspecified atom stereocenters. The van der Waals surface area contributed by atoms with Gasteiger partial charge in [-0.25, -0.2) is 4.98 Å². The van der Waals surface area contributed by atoms with Gasteiger partial charge in [0, 0.05) is 4.90 Å². The molecule has 1 heterocycles. The van der Waals surface area contributed by atoms with Gasteiger partial charge in [0.15, 0.2) is 0 Å². The first-order chi connectivity index (χ1) is 7.69. The van der Waals surface area contributed by atoms with Crippen molar-refractivity contribution in [3.8, 4) is 6.07 Å². The predicted octanol–water partition coefficient (Wildman–Crippen LogP) is 2.59. The fraction of sp³-hybridized carbons (Fsp3) is 0.0909. The Labute approximate surface area is 97.1 Å². The molecule has 0 saturated carbocycles. The van der Waals surface area contributed by atoms with Crippen LogP contribution in [0.2, 0.25) is 0 Å². The van der Waals surface area contributed by atoms with Crippen LogP contribution in [-0.4, -0.2) is 4.98 Å². The monoisotopic (exact) mass is 231 g/mol. The number of hydrogen-bond acceptors (Lipinski definition) is 5. The molecule has 0 saturated heterocycles. The van der Waals surface area contributed by atoms with Crippen LogP contribution < -0.4 is 5.73 Å². The summed E-state index contributed by atoms with van der Waals surface area (Å²) in [7, 11) is 0. The van der Waals surface area contributed by atoms with E-state index in [1.165, 1.54) is 11.8 Å². The number of nitriles is 1. The molecule has 0 bridgehead atoms. The minimum Gasteiger partial charge on any atom is -0.439 e. The van der Waals surface area contributed by atoms with E-state index in [2.05, 4.69) is 4.98 Å². The van der Waals surface area contributed by atoms with Crippen LogP contribution in [0.3, 0.4) is 0 Å². The van der Waals surface area contributed by atoms with Crippen molar-refractivity contribution in [2.45, 2.75) is 17.0 Å². The number of oxazole rings is 1. The van der Waals surface area contributed by atoms with E-state index in [0.717, 1.165) is 10.6 Å². The highest BCUT2D eigenvalue weighted by Gasteiger charge is 2.05. The zero-order chi connectivity index (χ0) is 11.5. The molecule has 2 rings (SSSR count). The molecule has 0 aliphatic heterocycles. The third-order valence-corrected chi connectivity index (χ3v) is 2.80. The summed E-state index contributed by atoms with van der Waals surface area (Å²) in [6.07, 6.45) is 1.59. The van der Waals surface area contributed by atoms with Crippen LogP contribution in [-0.2, 0) is 0 Å². The Kier molecular flexibility index (Phi) is 2.84. The van der Waals surface area contributed by atoms with Crippen molar-refractivity contribution in [1.29, 1.82) is 5.26 Å². The third kappa shape index (κ3) is 2.18. The maximum atomic E-state index is 8.73. The minimum atomic E-state index is 0.468. The summed E-state index contributed by atoms with van der Waals surface area (Å²) in [5.41, 5.74) is 7.49. The lowest BCUT2D eigenvalue weighted by atomic mass is 10.2. The molecule has 16 heavy (non-hydrogen) atoms. The van der Waals surface area contributed by atoms with Crippen molar-refractivity contribution >= 4 is 17.4 Å². The van der Waals surface area contributed by atoms with Crippen molar-refractivity contribution in [2.24, 2.45) is 0 Å². The van der Waals surface area contributed by atoms with Crippen LogP contribution in [0.15, 0.2) is 39.0 Å². The Balaban J connectivity index is 2.23. The van der Waals surface area contributed by atoms with Crippen LogP contribution in [0.5, 0.6) is 0 Å². The zero-order valence-corrected chi connectivity index (χ0v) is 9.41. The van der Waals surface area contributed by atoms with Crippen LogP contribution in [0.25, 0.3) is 0 Å². The Hall–Kier alpha value is -1.93. The molecule has 1 aromatic heterocycles. The first-order valence-electron chi connectivity index (χ1n) is 4.58. The molecular formula is C11H9N3OS. The van der Waals surface area contributed by atoms with E-state index in [1.807, 2.05) is 19.1 Å². The van der Waals surface area contributed by atoms with Crippen LogP contribution in [0.1, 0.15) is 11.3 Å². The smallest absolute Gasteiger partial charge is 0.260 e. The van der Waals surface area contributed by atoms with E-state index in [0.29, 0.717) is 16.5 Å². The van der Waals surface area contributed by atoms with E-state index in [1.54, 1.807) is 18.4 Å². The summed E-state index contributed by atoms with van der Waals surface area (Å²) < 4.78 is 5.21. The number of nitrogens with two attached hydrogens (primary N) is 1. The van der Waals surface area contributed by atoms with E-state index in [4.69, 9.17) is 15.4 Å². The normalized spacial score (nSPS) is 10.0. The third-order valence-electron chi connectivity index (χ3n) is 1.95. The summed E-state index contributed by atoms with van der Waals surface area (Å²) in [5.74, 6) is 0. The second-order valence-corrected chi connectivity index (χ2v) is 4.24. The minimum absolute atomic E-state index is 0.468. The second-order valence-electron chi connectivity index (χ2n) is 3.22. The molecule has 0 spiro atoms. The summed E-state index contributed by atoms with van der Waals surface area (Å²) in [4.78, 5) is 5.07. The average molecular weight is 231 g/mol. The van der Waals surface area contributed by atoms with Gasteiger partial charge in [-0.3, -0.25) is 0 Å². The number of anilines is 1. The highest BCUT2D eigenvalue weighted by Crippen LogP contribution is 2.29. The second kappa shape index (κ2) is 4.29. The summed E-state index contributed by atoms with van der Waals surface area (Å²) in [6.45, 7) is 1.86. The zero-order valence-electron chi connectivity index (χ0n) is 8.60. The molecule has 0 amide bonds. The SMILES string of the molecule is Cc1coc(Sc2ccc(C#N)c(N)c2)n1. The van der Waals surface area contributed by atoms with Crippen molar-refractivity contribution in [3.05, 3.63) is 35.7 Å². The van der Waals surface area contributed by atoms with Gasteiger partial charge in [0.05, 0.1) is 16.9 Å². The van der Waals surface area contributed by atoms with Gasteiger partial charge in [0.1, 0.15) is 12.3 Å². The quantitative estimate of drug-likeness (QED) is 0.804. The highest BCUT2D eigenvalue weighted by molar-refractivity contribution is 7.99. The molecule has 0 aliphatic rings. The van der Waals surface area contributed by atoms with E-state index in [-0.39, 0.29) is 0 Å².